The summed E-state index contributed by atoms with van der Waals surface area (Å²) in [6, 6.07) is 5.74. The van der Waals surface area contributed by atoms with Crippen LogP contribution < -0.4 is 5.32 Å². The van der Waals surface area contributed by atoms with Crippen LogP contribution in [-0.2, 0) is 13.0 Å². The molecule has 1 fully saturated rings. The van der Waals surface area contributed by atoms with Gasteiger partial charge in [-0.15, -0.1) is 0 Å². The fraction of sp³-hybridized carbons (Fsp3) is 0.579. The quantitative estimate of drug-likeness (QED) is 0.828. The third-order valence-electron chi connectivity index (χ3n) is 4.74. The molecule has 0 bridgehead atoms. The molecule has 0 saturated carbocycles. The number of hydrogen-bond donors (Lipinski definition) is 1. The zero-order valence-electron chi connectivity index (χ0n) is 15.1. The lowest BCUT2D eigenvalue weighted by molar-refractivity contribution is 0.0910. The van der Waals surface area contributed by atoms with E-state index in [9.17, 15) is 4.79 Å². The van der Waals surface area contributed by atoms with Gasteiger partial charge in [0.05, 0.1) is 18.3 Å². The number of aryl methyl sites for hydroxylation is 1. The van der Waals surface area contributed by atoms with E-state index in [2.05, 4.69) is 29.2 Å². The first-order valence-corrected chi connectivity index (χ1v) is 9.24. The van der Waals surface area contributed by atoms with Crippen LogP contribution in [0.15, 0.2) is 27.1 Å². The fourth-order valence-electron chi connectivity index (χ4n) is 3.25. The van der Waals surface area contributed by atoms with Crippen molar-refractivity contribution in [3.05, 3.63) is 41.2 Å². The maximum absolute atomic E-state index is 12.3. The van der Waals surface area contributed by atoms with Crippen molar-refractivity contribution in [2.45, 2.75) is 58.5 Å². The second-order valence-electron chi connectivity index (χ2n) is 6.69. The molecule has 25 heavy (non-hydrogen) atoms. The van der Waals surface area contributed by atoms with Gasteiger partial charge in [0, 0.05) is 6.07 Å². The van der Waals surface area contributed by atoms with Gasteiger partial charge in [-0.1, -0.05) is 24.9 Å². The maximum Gasteiger partial charge on any atom is 0.287 e. The Morgan fingerprint density at radius 2 is 2.12 bits per heavy atom. The lowest BCUT2D eigenvalue weighted by Crippen LogP contribution is -2.32. The number of nitrogens with zero attached hydrogens (tertiary/aromatic N) is 2. The Balaban J connectivity index is 1.54. The first kappa shape index (κ1) is 17.7. The Hall–Kier alpha value is -2.08. The van der Waals surface area contributed by atoms with Crippen LogP contribution in [-0.4, -0.2) is 29.1 Å². The highest BCUT2D eigenvalue weighted by atomic mass is 16.5. The molecule has 1 amide bonds. The molecule has 0 unspecified atom stereocenters. The third-order valence-corrected chi connectivity index (χ3v) is 4.74. The maximum atomic E-state index is 12.3. The molecule has 0 aliphatic carbocycles. The molecule has 3 heterocycles. The lowest BCUT2D eigenvalue weighted by Gasteiger charge is -2.31. The number of furan rings is 1. The number of hydrogen-bond acceptors (Lipinski definition) is 5. The minimum Gasteiger partial charge on any atom is -0.454 e. The third kappa shape index (κ3) is 4.51. The Bertz CT molecular complexity index is 686. The molecular formula is C19H27N3O3. The summed E-state index contributed by atoms with van der Waals surface area (Å²) in [6.07, 6.45) is 5.66. The van der Waals surface area contributed by atoms with E-state index >= 15 is 0 Å². The molecular weight excluding hydrogens is 318 g/mol. The minimum absolute atomic E-state index is 0.202. The summed E-state index contributed by atoms with van der Waals surface area (Å²) in [5, 5.41) is 6.80. The van der Waals surface area contributed by atoms with Crippen LogP contribution in [0.3, 0.4) is 0 Å². The number of rotatable bonds is 7. The topological polar surface area (TPSA) is 71.5 Å². The van der Waals surface area contributed by atoms with Crippen molar-refractivity contribution in [2.75, 3.05) is 13.1 Å². The van der Waals surface area contributed by atoms with Crippen molar-refractivity contribution in [1.29, 1.82) is 0 Å². The van der Waals surface area contributed by atoms with E-state index in [1.165, 1.54) is 19.3 Å². The molecule has 0 radical (unpaired) electrons. The summed E-state index contributed by atoms with van der Waals surface area (Å²) in [5.41, 5.74) is 0.919. The normalized spacial score (nSPS) is 16.7. The van der Waals surface area contributed by atoms with Gasteiger partial charge in [0.15, 0.2) is 11.5 Å². The number of carbonyl (C=O) groups is 1. The van der Waals surface area contributed by atoms with Crippen molar-refractivity contribution >= 4 is 5.91 Å². The van der Waals surface area contributed by atoms with Crippen molar-refractivity contribution in [3.8, 4) is 0 Å². The largest absolute Gasteiger partial charge is 0.454 e. The van der Waals surface area contributed by atoms with Gasteiger partial charge < -0.3 is 14.3 Å². The molecule has 136 valence electrons. The summed E-state index contributed by atoms with van der Waals surface area (Å²) >= 11 is 0. The number of nitrogens with one attached hydrogen (secondary N) is 1. The first-order valence-electron chi connectivity index (χ1n) is 9.24. The van der Waals surface area contributed by atoms with Crippen LogP contribution in [0.1, 0.15) is 73.3 Å². The predicted octanol–water partition coefficient (Wildman–Crippen LogP) is 3.70. The van der Waals surface area contributed by atoms with E-state index in [-0.39, 0.29) is 11.9 Å². The second kappa shape index (κ2) is 8.34. The van der Waals surface area contributed by atoms with E-state index in [4.69, 9.17) is 8.94 Å². The molecule has 6 heteroatoms. The molecule has 1 N–H and O–H groups in total. The molecule has 2 aromatic rings. The van der Waals surface area contributed by atoms with Gasteiger partial charge >= 0.3 is 0 Å². The number of likely N-dealkylation sites (tertiary alicyclic amines) is 1. The number of amides is 1. The van der Waals surface area contributed by atoms with Gasteiger partial charge in [0.1, 0.15) is 5.76 Å². The Kier molecular flexibility index (Phi) is 5.91. The molecule has 1 saturated heterocycles. The van der Waals surface area contributed by atoms with E-state index in [0.29, 0.717) is 18.1 Å². The Morgan fingerprint density at radius 1 is 1.32 bits per heavy atom. The second-order valence-corrected chi connectivity index (χ2v) is 6.69. The summed E-state index contributed by atoms with van der Waals surface area (Å²) in [5.74, 6) is 1.61. The highest BCUT2D eigenvalue weighted by Gasteiger charge is 2.22. The average molecular weight is 345 g/mol. The van der Waals surface area contributed by atoms with Gasteiger partial charge in [-0.3, -0.25) is 9.69 Å². The van der Waals surface area contributed by atoms with Crippen molar-refractivity contribution in [1.82, 2.24) is 15.4 Å². The van der Waals surface area contributed by atoms with Crippen LogP contribution in [0, 0.1) is 0 Å². The lowest BCUT2D eigenvalue weighted by atomic mass is 10.1. The molecule has 1 atom stereocenters. The van der Waals surface area contributed by atoms with Crippen LogP contribution in [0.5, 0.6) is 0 Å². The van der Waals surface area contributed by atoms with Crippen LogP contribution >= 0.6 is 0 Å². The summed E-state index contributed by atoms with van der Waals surface area (Å²) in [7, 11) is 0. The Labute approximate surface area is 148 Å². The monoisotopic (exact) mass is 345 g/mol. The van der Waals surface area contributed by atoms with E-state index < -0.39 is 0 Å². The molecule has 3 rings (SSSR count). The van der Waals surface area contributed by atoms with Gasteiger partial charge in [-0.25, -0.2) is 0 Å². The molecule has 0 spiro atoms. The Morgan fingerprint density at radius 3 is 2.88 bits per heavy atom. The summed E-state index contributed by atoms with van der Waals surface area (Å²) in [4.78, 5) is 14.7. The highest BCUT2D eigenvalue weighted by molar-refractivity contribution is 5.91. The molecule has 1 aliphatic heterocycles. The van der Waals surface area contributed by atoms with Crippen molar-refractivity contribution in [2.24, 2.45) is 0 Å². The fourth-order valence-corrected chi connectivity index (χ4v) is 3.25. The van der Waals surface area contributed by atoms with Gasteiger partial charge in [-0.05, 0) is 51.4 Å². The zero-order chi connectivity index (χ0) is 17.6. The van der Waals surface area contributed by atoms with Crippen molar-refractivity contribution < 1.29 is 13.7 Å². The SMILES string of the molecule is CCCc1cc(CNC(=O)c2ccc([C@H](C)N3CCCCC3)o2)on1. The molecule has 2 aromatic heterocycles. The van der Waals surface area contributed by atoms with Crippen molar-refractivity contribution in [3.63, 3.8) is 0 Å². The van der Waals surface area contributed by atoms with Gasteiger partial charge in [-0.2, -0.15) is 0 Å². The molecule has 6 nitrogen and oxygen atoms in total. The number of piperidine rings is 1. The predicted molar refractivity (Wildman–Crippen MR) is 94.2 cm³/mol. The molecule has 1 aliphatic rings. The van der Waals surface area contributed by atoms with E-state index in [1.54, 1.807) is 6.07 Å². The van der Waals surface area contributed by atoms with Gasteiger partial charge in [0.25, 0.3) is 5.91 Å². The van der Waals surface area contributed by atoms with Crippen LogP contribution in [0.2, 0.25) is 0 Å². The summed E-state index contributed by atoms with van der Waals surface area (Å²) in [6.45, 7) is 6.72. The molecule has 0 aromatic carbocycles. The minimum atomic E-state index is -0.231. The van der Waals surface area contributed by atoms with E-state index in [0.717, 1.165) is 37.4 Å². The highest BCUT2D eigenvalue weighted by Crippen LogP contribution is 2.25. The zero-order valence-corrected chi connectivity index (χ0v) is 15.1. The number of carbonyl (C=O) groups excluding carboxylic acids is 1. The summed E-state index contributed by atoms with van der Waals surface area (Å²) < 4.78 is 11.0. The van der Waals surface area contributed by atoms with Crippen LogP contribution in [0.4, 0.5) is 0 Å². The average Bonchev–Trinajstić information content (AvgIpc) is 3.30. The van der Waals surface area contributed by atoms with E-state index in [1.807, 2.05) is 12.1 Å². The smallest absolute Gasteiger partial charge is 0.287 e. The van der Waals surface area contributed by atoms with Gasteiger partial charge in [0.2, 0.25) is 0 Å². The first-order chi connectivity index (χ1) is 12.2. The standard InChI is InChI=1S/C19H27N3O3/c1-3-7-15-12-16(25-21-15)13-20-19(23)18-9-8-17(24-18)14(2)22-10-5-4-6-11-22/h8-9,12,14H,3-7,10-11,13H2,1-2H3,(H,20,23)/t14-/m0/s1. The number of aromatic nitrogens is 1. The van der Waals surface area contributed by atoms with Crippen LogP contribution in [0.25, 0.3) is 0 Å².